The van der Waals surface area contributed by atoms with Gasteiger partial charge < -0.3 is 10.4 Å². The number of hydrogen-bond acceptors (Lipinski definition) is 5. The van der Waals surface area contributed by atoms with Gasteiger partial charge in [-0.05, 0) is 37.6 Å². The summed E-state index contributed by atoms with van der Waals surface area (Å²) in [4.78, 5) is 15.0. The Bertz CT molecular complexity index is 601. The predicted octanol–water partition coefficient (Wildman–Crippen LogP) is 2.33. The summed E-state index contributed by atoms with van der Waals surface area (Å²) in [5, 5.41) is 23.7. The van der Waals surface area contributed by atoms with Crippen LogP contribution in [0, 0.1) is 10.1 Å². The highest BCUT2D eigenvalue weighted by Gasteiger charge is 2.19. The molecule has 1 atom stereocenters. The quantitative estimate of drug-likeness (QED) is 0.637. The van der Waals surface area contributed by atoms with Crippen LogP contribution in [0.15, 0.2) is 30.5 Å². The van der Waals surface area contributed by atoms with E-state index in [-0.39, 0.29) is 18.3 Å². The zero-order chi connectivity index (χ0) is 13.8. The van der Waals surface area contributed by atoms with Crippen LogP contribution in [0.25, 0.3) is 10.9 Å². The van der Waals surface area contributed by atoms with Crippen molar-refractivity contribution < 1.29 is 10.0 Å². The van der Waals surface area contributed by atoms with E-state index in [1.165, 1.54) is 0 Å². The fourth-order valence-electron chi connectivity index (χ4n) is 1.98. The number of benzene rings is 1. The van der Waals surface area contributed by atoms with Gasteiger partial charge in [0.25, 0.3) is 0 Å². The van der Waals surface area contributed by atoms with Crippen LogP contribution in [0.2, 0.25) is 0 Å². The molecule has 0 saturated heterocycles. The molecule has 0 saturated carbocycles. The molecular weight excluding hydrogens is 246 g/mol. The Kier molecular flexibility index (Phi) is 3.91. The van der Waals surface area contributed by atoms with Crippen molar-refractivity contribution in [2.24, 2.45) is 0 Å². The summed E-state index contributed by atoms with van der Waals surface area (Å²) in [6, 6.07) is 6.72. The fraction of sp³-hybridized carbons (Fsp3) is 0.308. The number of nitrogens with zero attached hydrogens (tertiary/aromatic N) is 2. The molecule has 2 N–H and O–H groups in total. The lowest BCUT2D eigenvalue weighted by Crippen LogP contribution is -2.17. The molecule has 1 unspecified atom stereocenters. The third-order valence-electron chi connectivity index (χ3n) is 2.90. The van der Waals surface area contributed by atoms with Gasteiger partial charge in [0, 0.05) is 18.8 Å². The van der Waals surface area contributed by atoms with Gasteiger partial charge in [0.2, 0.25) is 0 Å². The van der Waals surface area contributed by atoms with E-state index < -0.39 is 4.92 Å². The molecule has 0 amide bonds. The van der Waals surface area contributed by atoms with E-state index in [2.05, 4.69) is 10.3 Å². The number of aliphatic hydroxyl groups excluding tert-OH is 1. The molecule has 0 aliphatic rings. The molecular formula is C13H15N3O3. The maximum Gasteiger partial charge on any atom is 0.301 e. The molecule has 0 radical (unpaired) electrons. The smallest absolute Gasteiger partial charge is 0.301 e. The van der Waals surface area contributed by atoms with E-state index >= 15 is 0 Å². The summed E-state index contributed by atoms with van der Waals surface area (Å²) in [6.07, 6.45) is 2.13. The normalized spacial score (nSPS) is 12.3. The highest BCUT2D eigenvalue weighted by atomic mass is 16.6. The molecule has 0 bridgehead atoms. The van der Waals surface area contributed by atoms with Crippen LogP contribution in [-0.4, -0.2) is 27.7 Å². The van der Waals surface area contributed by atoms with Crippen molar-refractivity contribution in [3.63, 3.8) is 0 Å². The Labute approximate surface area is 110 Å². The Morgan fingerprint density at radius 1 is 1.47 bits per heavy atom. The number of nitrogens with one attached hydrogen (secondary N) is 1. The zero-order valence-electron chi connectivity index (χ0n) is 10.5. The summed E-state index contributed by atoms with van der Waals surface area (Å²) >= 11 is 0. The number of fused-ring (bicyclic) bond motifs is 1. The molecule has 0 aliphatic carbocycles. The van der Waals surface area contributed by atoms with E-state index in [9.17, 15) is 10.1 Å². The van der Waals surface area contributed by atoms with Crippen molar-refractivity contribution in [1.29, 1.82) is 0 Å². The van der Waals surface area contributed by atoms with Crippen LogP contribution >= 0.6 is 0 Å². The number of hydrogen-bond donors (Lipinski definition) is 2. The van der Waals surface area contributed by atoms with Gasteiger partial charge in [0.1, 0.15) is 5.69 Å². The van der Waals surface area contributed by atoms with Gasteiger partial charge in [-0.25, -0.2) is 0 Å². The van der Waals surface area contributed by atoms with Gasteiger partial charge in [-0.1, -0.05) is 0 Å². The van der Waals surface area contributed by atoms with Crippen molar-refractivity contribution >= 4 is 22.3 Å². The molecule has 0 aliphatic heterocycles. The molecule has 0 spiro atoms. The maximum atomic E-state index is 11.3. The lowest BCUT2D eigenvalue weighted by atomic mass is 10.1. The van der Waals surface area contributed by atoms with Crippen molar-refractivity contribution in [3.05, 3.63) is 40.6 Å². The SMILES string of the molecule is CC(CCO)Nc1ccc2ncccc2c1[N+](=O)[O-]. The van der Waals surface area contributed by atoms with Crippen LogP contribution in [-0.2, 0) is 0 Å². The number of aliphatic hydroxyl groups is 1. The number of anilines is 1. The van der Waals surface area contributed by atoms with E-state index in [0.717, 1.165) is 0 Å². The molecule has 1 heterocycles. The summed E-state index contributed by atoms with van der Waals surface area (Å²) in [6.45, 7) is 1.91. The van der Waals surface area contributed by atoms with Gasteiger partial charge in [0.05, 0.1) is 15.8 Å². The monoisotopic (exact) mass is 261 g/mol. The second-order valence-electron chi connectivity index (χ2n) is 4.35. The Balaban J connectivity index is 2.49. The van der Waals surface area contributed by atoms with Crippen molar-refractivity contribution in [2.45, 2.75) is 19.4 Å². The molecule has 19 heavy (non-hydrogen) atoms. The van der Waals surface area contributed by atoms with Gasteiger partial charge in [0.15, 0.2) is 0 Å². The average molecular weight is 261 g/mol. The van der Waals surface area contributed by atoms with Crippen molar-refractivity contribution in [3.8, 4) is 0 Å². The average Bonchev–Trinajstić information content (AvgIpc) is 2.38. The summed E-state index contributed by atoms with van der Waals surface area (Å²) < 4.78 is 0. The highest BCUT2D eigenvalue weighted by Crippen LogP contribution is 2.32. The lowest BCUT2D eigenvalue weighted by Gasteiger charge is -2.14. The van der Waals surface area contributed by atoms with E-state index in [0.29, 0.717) is 23.0 Å². The number of rotatable bonds is 5. The van der Waals surface area contributed by atoms with Gasteiger partial charge in [-0.2, -0.15) is 0 Å². The van der Waals surface area contributed by atoms with Crippen LogP contribution in [0.1, 0.15) is 13.3 Å². The van der Waals surface area contributed by atoms with Crippen LogP contribution in [0.3, 0.4) is 0 Å². The minimum absolute atomic E-state index is 0.0235. The van der Waals surface area contributed by atoms with Crippen LogP contribution in [0.5, 0.6) is 0 Å². The van der Waals surface area contributed by atoms with Crippen molar-refractivity contribution in [1.82, 2.24) is 4.98 Å². The first-order chi connectivity index (χ1) is 9.13. The number of aromatic nitrogens is 1. The Hall–Kier alpha value is -2.21. The van der Waals surface area contributed by atoms with Gasteiger partial charge in [-0.3, -0.25) is 15.1 Å². The van der Waals surface area contributed by atoms with E-state index in [4.69, 9.17) is 5.11 Å². The summed E-state index contributed by atoms with van der Waals surface area (Å²) in [5.74, 6) is 0. The minimum Gasteiger partial charge on any atom is -0.396 e. The molecule has 2 aromatic rings. The first-order valence-corrected chi connectivity index (χ1v) is 6.03. The molecule has 1 aromatic carbocycles. The predicted molar refractivity (Wildman–Crippen MR) is 73.2 cm³/mol. The molecule has 0 fully saturated rings. The third-order valence-corrected chi connectivity index (χ3v) is 2.90. The highest BCUT2D eigenvalue weighted by molar-refractivity contribution is 5.94. The first kappa shape index (κ1) is 13.2. The number of pyridine rings is 1. The van der Waals surface area contributed by atoms with Crippen molar-refractivity contribution in [2.75, 3.05) is 11.9 Å². The number of nitro benzene ring substituents is 1. The molecule has 100 valence electrons. The van der Waals surface area contributed by atoms with E-state index in [1.54, 1.807) is 30.5 Å². The summed E-state index contributed by atoms with van der Waals surface area (Å²) in [5.41, 5.74) is 1.07. The molecule has 1 aromatic heterocycles. The Morgan fingerprint density at radius 3 is 2.95 bits per heavy atom. The Morgan fingerprint density at radius 2 is 2.26 bits per heavy atom. The minimum atomic E-state index is -0.405. The lowest BCUT2D eigenvalue weighted by molar-refractivity contribution is -0.382. The van der Waals surface area contributed by atoms with Gasteiger partial charge in [-0.15, -0.1) is 0 Å². The maximum absolute atomic E-state index is 11.3. The standard InChI is InChI=1S/C13H15N3O3/c1-9(6-8-17)15-12-5-4-11-10(3-2-7-14-11)13(12)16(18)19/h2-5,7,9,15,17H,6,8H2,1H3. The summed E-state index contributed by atoms with van der Waals surface area (Å²) in [7, 11) is 0. The van der Waals surface area contributed by atoms with E-state index in [1.807, 2.05) is 6.92 Å². The second-order valence-corrected chi connectivity index (χ2v) is 4.35. The second kappa shape index (κ2) is 5.62. The third kappa shape index (κ3) is 2.79. The molecule has 2 rings (SSSR count). The largest absolute Gasteiger partial charge is 0.396 e. The zero-order valence-corrected chi connectivity index (χ0v) is 10.5. The van der Waals surface area contributed by atoms with Crippen LogP contribution in [0.4, 0.5) is 11.4 Å². The van der Waals surface area contributed by atoms with Gasteiger partial charge >= 0.3 is 5.69 Å². The topological polar surface area (TPSA) is 88.3 Å². The van der Waals surface area contributed by atoms with Crippen LogP contribution < -0.4 is 5.32 Å². The fourth-order valence-corrected chi connectivity index (χ4v) is 1.98. The first-order valence-electron chi connectivity index (χ1n) is 6.03. The molecule has 6 nitrogen and oxygen atoms in total. The number of nitro groups is 1. The molecule has 6 heteroatoms.